The molecule has 0 saturated carbocycles. The lowest BCUT2D eigenvalue weighted by molar-refractivity contribution is -0.142. The van der Waals surface area contributed by atoms with Crippen molar-refractivity contribution in [3.05, 3.63) is 54.1 Å². The van der Waals surface area contributed by atoms with E-state index >= 15 is 0 Å². The lowest BCUT2D eigenvalue weighted by Gasteiger charge is -2.33. The highest BCUT2D eigenvalue weighted by molar-refractivity contribution is 5.88. The summed E-state index contributed by atoms with van der Waals surface area (Å²) < 4.78 is 16.1. The summed E-state index contributed by atoms with van der Waals surface area (Å²) in [5.41, 5.74) is 0.552. The SMILES string of the molecule is CC[C@@H](C(=O)NC(C)(C)C)N(Cc1ccc(OC)cc1)C(=O)CCCOc1ccc(OC)cc1. The molecular formula is C27H38N2O5. The molecule has 0 aliphatic rings. The van der Waals surface area contributed by atoms with Crippen LogP contribution in [0.25, 0.3) is 0 Å². The van der Waals surface area contributed by atoms with Gasteiger partial charge in [-0.05, 0) is 75.6 Å². The number of ether oxygens (including phenoxy) is 3. The summed E-state index contributed by atoms with van der Waals surface area (Å²) in [7, 11) is 3.23. The number of benzene rings is 2. The van der Waals surface area contributed by atoms with E-state index in [1.54, 1.807) is 19.1 Å². The first kappa shape index (κ1) is 27.0. The lowest BCUT2D eigenvalue weighted by atomic mass is 10.0. The molecule has 34 heavy (non-hydrogen) atoms. The molecule has 1 N–H and O–H groups in total. The van der Waals surface area contributed by atoms with Crippen LogP contribution in [0.3, 0.4) is 0 Å². The molecular weight excluding hydrogens is 432 g/mol. The second-order valence-electron chi connectivity index (χ2n) is 9.16. The van der Waals surface area contributed by atoms with Gasteiger partial charge in [-0.15, -0.1) is 0 Å². The predicted molar refractivity (Wildman–Crippen MR) is 133 cm³/mol. The third kappa shape index (κ3) is 8.61. The number of nitrogens with one attached hydrogen (secondary N) is 1. The van der Waals surface area contributed by atoms with Crippen LogP contribution in [0.4, 0.5) is 0 Å². The van der Waals surface area contributed by atoms with Crippen LogP contribution in [0.1, 0.15) is 52.5 Å². The Morgan fingerprint density at radius 1 is 0.912 bits per heavy atom. The molecule has 0 bridgehead atoms. The number of carbonyl (C=O) groups is 2. The quantitative estimate of drug-likeness (QED) is 0.459. The summed E-state index contributed by atoms with van der Waals surface area (Å²) >= 11 is 0. The Kier molecular flexibility index (Phi) is 10.2. The number of carbonyl (C=O) groups excluding carboxylic acids is 2. The predicted octanol–water partition coefficient (Wildman–Crippen LogP) is 4.58. The number of amides is 2. The largest absolute Gasteiger partial charge is 0.497 e. The van der Waals surface area contributed by atoms with Crippen molar-refractivity contribution < 1.29 is 23.8 Å². The molecule has 2 amide bonds. The number of methoxy groups -OCH3 is 2. The molecule has 0 heterocycles. The van der Waals surface area contributed by atoms with Crippen molar-refractivity contribution in [2.75, 3.05) is 20.8 Å². The summed E-state index contributed by atoms with van der Waals surface area (Å²) in [6.07, 6.45) is 1.35. The van der Waals surface area contributed by atoms with Crippen molar-refractivity contribution in [1.82, 2.24) is 10.2 Å². The first-order valence-electron chi connectivity index (χ1n) is 11.7. The fourth-order valence-electron chi connectivity index (χ4n) is 3.53. The summed E-state index contributed by atoms with van der Waals surface area (Å²) in [6.45, 7) is 8.48. The van der Waals surface area contributed by atoms with Gasteiger partial charge in [0.2, 0.25) is 11.8 Å². The molecule has 7 heteroatoms. The van der Waals surface area contributed by atoms with Gasteiger partial charge in [-0.1, -0.05) is 19.1 Å². The molecule has 2 aromatic carbocycles. The summed E-state index contributed by atoms with van der Waals surface area (Å²) in [4.78, 5) is 28.0. The first-order valence-corrected chi connectivity index (χ1v) is 11.7. The van der Waals surface area contributed by atoms with E-state index in [2.05, 4.69) is 5.32 Å². The minimum Gasteiger partial charge on any atom is -0.497 e. The van der Waals surface area contributed by atoms with Crippen molar-refractivity contribution in [2.24, 2.45) is 0 Å². The van der Waals surface area contributed by atoms with Crippen LogP contribution in [-0.4, -0.2) is 49.1 Å². The molecule has 0 aliphatic carbocycles. The van der Waals surface area contributed by atoms with Crippen molar-refractivity contribution in [1.29, 1.82) is 0 Å². The van der Waals surface area contributed by atoms with Crippen molar-refractivity contribution in [3.8, 4) is 17.2 Å². The van der Waals surface area contributed by atoms with Crippen LogP contribution in [0.15, 0.2) is 48.5 Å². The van der Waals surface area contributed by atoms with Gasteiger partial charge in [-0.3, -0.25) is 9.59 Å². The van der Waals surface area contributed by atoms with E-state index < -0.39 is 6.04 Å². The first-order chi connectivity index (χ1) is 16.2. The van der Waals surface area contributed by atoms with Crippen LogP contribution in [0.5, 0.6) is 17.2 Å². The fourth-order valence-corrected chi connectivity index (χ4v) is 3.53. The van der Waals surface area contributed by atoms with Crippen molar-refractivity contribution in [3.63, 3.8) is 0 Å². The molecule has 186 valence electrons. The minimum absolute atomic E-state index is 0.0786. The summed E-state index contributed by atoms with van der Waals surface area (Å²) in [5, 5.41) is 3.02. The van der Waals surface area contributed by atoms with Gasteiger partial charge in [0.05, 0.1) is 20.8 Å². The monoisotopic (exact) mass is 470 g/mol. The molecule has 0 aliphatic heterocycles. The number of nitrogens with zero attached hydrogens (tertiary/aromatic N) is 1. The smallest absolute Gasteiger partial charge is 0.243 e. The number of rotatable bonds is 12. The van der Waals surface area contributed by atoms with E-state index in [9.17, 15) is 9.59 Å². The van der Waals surface area contributed by atoms with Gasteiger partial charge >= 0.3 is 0 Å². The van der Waals surface area contributed by atoms with E-state index in [0.717, 1.165) is 22.8 Å². The van der Waals surface area contributed by atoms with Gasteiger partial charge in [0.15, 0.2) is 0 Å². The van der Waals surface area contributed by atoms with Gasteiger partial charge in [-0.25, -0.2) is 0 Å². The Hall–Kier alpha value is -3.22. The minimum atomic E-state index is -0.559. The van der Waals surface area contributed by atoms with Crippen LogP contribution in [-0.2, 0) is 16.1 Å². The van der Waals surface area contributed by atoms with Crippen LogP contribution >= 0.6 is 0 Å². The number of hydrogen-bond donors (Lipinski definition) is 1. The molecule has 7 nitrogen and oxygen atoms in total. The Morgan fingerprint density at radius 2 is 1.44 bits per heavy atom. The van der Waals surface area contributed by atoms with E-state index in [0.29, 0.717) is 26.0 Å². The molecule has 0 spiro atoms. The molecule has 0 aromatic heterocycles. The van der Waals surface area contributed by atoms with Crippen LogP contribution < -0.4 is 19.5 Å². The van der Waals surface area contributed by atoms with Crippen LogP contribution in [0.2, 0.25) is 0 Å². The van der Waals surface area contributed by atoms with E-state index in [1.165, 1.54) is 0 Å². The highest BCUT2D eigenvalue weighted by Gasteiger charge is 2.30. The maximum absolute atomic E-state index is 13.3. The maximum Gasteiger partial charge on any atom is 0.243 e. The van der Waals surface area contributed by atoms with Crippen molar-refractivity contribution >= 4 is 11.8 Å². The molecule has 0 radical (unpaired) electrons. The molecule has 1 atom stereocenters. The van der Waals surface area contributed by atoms with E-state index in [1.807, 2.05) is 76.2 Å². The van der Waals surface area contributed by atoms with Gasteiger partial charge < -0.3 is 24.4 Å². The van der Waals surface area contributed by atoms with Gasteiger partial charge in [0.1, 0.15) is 23.3 Å². The molecule has 2 aromatic rings. The Labute approximate surface area is 203 Å². The highest BCUT2D eigenvalue weighted by Crippen LogP contribution is 2.19. The summed E-state index contributed by atoms with van der Waals surface area (Å²) in [5.74, 6) is 2.00. The van der Waals surface area contributed by atoms with E-state index in [-0.39, 0.29) is 23.8 Å². The second-order valence-corrected chi connectivity index (χ2v) is 9.16. The third-order valence-corrected chi connectivity index (χ3v) is 5.26. The highest BCUT2D eigenvalue weighted by atomic mass is 16.5. The Bertz CT molecular complexity index is 904. The topological polar surface area (TPSA) is 77.1 Å². The van der Waals surface area contributed by atoms with Gasteiger partial charge in [-0.2, -0.15) is 0 Å². The number of hydrogen-bond acceptors (Lipinski definition) is 5. The third-order valence-electron chi connectivity index (χ3n) is 5.26. The average Bonchev–Trinajstić information content (AvgIpc) is 2.81. The van der Waals surface area contributed by atoms with Crippen molar-refractivity contribution in [2.45, 2.75) is 65.1 Å². The summed E-state index contributed by atoms with van der Waals surface area (Å²) in [6, 6.07) is 14.3. The second kappa shape index (κ2) is 12.9. The average molecular weight is 471 g/mol. The Morgan fingerprint density at radius 3 is 1.94 bits per heavy atom. The molecule has 0 fully saturated rings. The fraction of sp³-hybridized carbons (Fsp3) is 0.481. The molecule has 0 saturated heterocycles. The zero-order valence-corrected chi connectivity index (χ0v) is 21.2. The molecule has 0 unspecified atom stereocenters. The normalized spacial score (nSPS) is 11.9. The maximum atomic E-state index is 13.3. The Balaban J connectivity index is 2.07. The van der Waals surface area contributed by atoms with Crippen LogP contribution in [0, 0.1) is 0 Å². The zero-order valence-electron chi connectivity index (χ0n) is 21.2. The van der Waals surface area contributed by atoms with E-state index in [4.69, 9.17) is 14.2 Å². The van der Waals surface area contributed by atoms with Gasteiger partial charge in [0.25, 0.3) is 0 Å². The standard InChI is InChI=1S/C27H38N2O5/c1-7-24(26(31)28-27(2,3)4)29(19-20-10-12-21(32-5)13-11-20)25(30)9-8-18-34-23-16-14-22(33-6)15-17-23/h10-17,24H,7-9,18-19H2,1-6H3,(H,28,31)/t24-/m0/s1. The van der Waals surface area contributed by atoms with Gasteiger partial charge in [0, 0.05) is 18.5 Å². The zero-order chi connectivity index (χ0) is 25.1. The lowest BCUT2D eigenvalue weighted by Crippen LogP contribution is -2.53. The molecule has 2 rings (SSSR count).